The number of benzene rings is 1. The van der Waals surface area contributed by atoms with Gasteiger partial charge in [-0.25, -0.2) is 8.78 Å². The van der Waals surface area contributed by atoms with Crippen molar-refractivity contribution < 1.29 is 18.3 Å². The molecule has 0 radical (unpaired) electrons. The van der Waals surface area contributed by atoms with E-state index in [1.165, 1.54) is 20.3 Å². The topological polar surface area (TPSA) is 44.5 Å². The predicted octanol–water partition coefficient (Wildman–Crippen LogP) is 1.45. The molecule has 0 bridgehead atoms. The van der Waals surface area contributed by atoms with Crippen molar-refractivity contribution in [2.24, 2.45) is 5.73 Å². The minimum Gasteiger partial charge on any atom is -0.354 e. The van der Waals surface area contributed by atoms with Crippen molar-refractivity contribution in [3.63, 3.8) is 0 Å². The fraction of sp³-hybridized carbons (Fsp3) is 0.455. The number of hydrogen-bond acceptors (Lipinski definition) is 3. The van der Waals surface area contributed by atoms with Crippen molar-refractivity contribution in [2.75, 3.05) is 14.2 Å². The van der Waals surface area contributed by atoms with Crippen LogP contribution in [0.5, 0.6) is 0 Å². The molecule has 0 saturated heterocycles. The molecular formula is C11H15F2NO2. The maximum atomic E-state index is 12.9. The molecule has 1 unspecified atom stereocenters. The van der Waals surface area contributed by atoms with E-state index in [0.717, 1.165) is 12.1 Å². The minimum atomic E-state index is -0.879. The molecule has 0 fully saturated rings. The van der Waals surface area contributed by atoms with Gasteiger partial charge in [-0.05, 0) is 24.1 Å². The summed E-state index contributed by atoms with van der Waals surface area (Å²) in [5.74, 6) is -1.75. The molecule has 0 aromatic heterocycles. The molecule has 1 aromatic carbocycles. The molecule has 2 N–H and O–H groups in total. The summed E-state index contributed by atoms with van der Waals surface area (Å²) in [6.45, 7) is 0. The van der Waals surface area contributed by atoms with Gasteiger partial charge in [0.1, 0.15) is 0 Å². The summed E-state index contributed by atoms with van der Waals surface area (Å²) in [7, 11) is 2.94. The Bertz CT molecular complexity index is 343. The van der Waals surface area contributed by atoms with E-state index in [9.17, 15) is 8.78 Å². The van der Waals surface area contributed by atoms with Crippen LogP contribution in [0.15, 0.2) is 18.2 Å². The van der Waals surface area contributed by atoms with Gasteiger partial charge >= 0.3 is 0 Å². The number of ether oxygens (including phenoxy) is 2. The third kappa shape index (κ3) is 3.23. The third-order valence-corrected chi connectivity index (χ3v) is 2.27. The molecule has 0 aliphatic carbocycles. The molecular weight excluding hydrogens is 216 g/mol. The second-order valence-corrected chi connectivity index (χ2v) is 3.46. The van der Waals surface area contributed by atoms with Gasteiger partial charge in [0.15, 0.2) is 17.9 Å². The molecule has 1 rings (SSSR count). The average Bonchev–Trinajstić information content (AvgIpc) is 2.25. The van der Waals surface area contributed by atoms with E-state index in [-0.39, 0.29) is 0 Å². The maximum Gasteiger partial charge on any atom is 0.172 e. The molecule has 0 aliphatic rings. The predicted molar refractivity (Wildman–Crippen MR) is 55.8 cm³/mol. The molecule has 0 saturated carbocycles. The number of halogens is 2. The highest BCUT2D eigenvalue weighted by atomic mass is 19.2. The van der Waals surface area contributed by atoms with E-state index in [0.29, 0.717) is 12.0 Å². The number of nitrogens with two attached hydrogens (primary N) is 1. The molecule has 0 aliphatic heterocycles. The van der Waals surface area contributed by atoms with Crippen molar-refractivity contribution in [3.8, 4) is 0 Å². The number of methoxy groups -OCH3 is 2. The van der Waals surface area contributed by atoms with Crippen LogP contribution < -0.4 is 5.73 Å². The van der Waals surface area contributed by atoms with E-state index in [1.54, 1.807) is 0 Å². The van der Waals surface area contributed by atoms with Gasteiger partial charge in [0.2, 0.25) is 0 Å². The van der Waals surface area contributed by atoms with Crippen LogP contribution in [0.1, 0.15) is 5.56 Å². The van der Waals surface area contributed by atoms with Crippen LogP contribution in [-0.2, 0) is 15.9 Å². The Hall–Kier alpha value is -1.04. The van der Waals surface area contributed by atoms with Crippen molar-refractivity contribution in [1.29, 1.82) is 0 Å². The first-order chi connectivity index (χ1) is 7.58. The summed E-state index contributed by atoms with van der Waals surface area (Å²) in [5, 5.41) is 0. The van der Waals surface area contributed by atoms with Crippen LogP contribution in [0, 0.1) is 11.6 Å². The number of rotatable bonds is 5. The Kier molecular flexibility index (Phi) is 4.79. The van der Waals surface area contributed by atoms with Crippen molar-refractivity contribution >= 4 is 0 Å². The zero-order chi connectivity index (χ0) is 12.1. The molecule has 90 valence electrons. The van der Waals surface area contributed by atoms with E-state index < -0.39 is 24.0 Å². The molecule has 1 aromatic rings. The summed E-state index contributed by atoms with van der Waals surface area (Å²) in [6.07, 6.45) is -0.211. The van der Waals surface area contributed by atoms with Gasteiger partial charge in [0.25, 0.3) is 0 Å². The second kappa shape index (κ2) is 5.89. The standard InChI is InChI=1S/C11H15F2NO2/c1-15-11(16-2)10(14)6-7-3-4-8(12)9(13)5-7/h3-5,10-11H,6,14H2,1-2H3. The van der Waals surface area contributed by atoms with Crippen LogP contribution in [0.4, 0.5) is 8.78 Å². The van der Waals surface area contributed by atoms with E-state index >= 15 is 0 Å². The first kappa shape index (κ1) is 13.0. The lowest BCUT2D eigenvalue weighted by Gasteiger charge is -2.20. The van der Waals surface area contributed by atoms with Crippen LogP contribution in [0.25, 0.3) is 0 Å². The van der Waals surface area contributed by atoms with Crippen molar-refractivity contribution in [1.82, 2.24) is 0 Å². The van der Waals surface area contributed by atoms with Crippen LogP contribution in [-0.4, -0.2) is 26.6 Å². The quantitative estimate of drug-likeness (QED) is 0.780. The fourth-order valence-electron chi connectivity index (χ4n) is 1.48. The summed E-state index contributed by atoms with van der Waals surface area (Å²) < 4.78 is 35.5. The largest absolute Gasteiger partial charge is 0.354 e. The molecule has 1 atom stereocenters. The van der Waals surface area contributed by atoms with Gasteiger partial charge in [0.05, 0.1) is 6.04 Å². The molecule has 3 nitrogen and oxygen atoms in total. The molecule has 16 heavy (non-hydrogen) atoms. The van der Waals surface area contributed by atoms with Gasteiger partial charge in [0, 0.05) is 14.2 Å². The summed E-state index contributed by atoms with van der Waals surface area (Å²) in [5.41, 5.74) is 6.40. The Labute approximate surface area is 93.2 Å². The minimum absolute atomic E-state index is 0.351. The Morgan fingerprint density at radius 2 is 1.81 bits per heavy atom. The highest BCUT2D eigenvalue weighted by Crippen LogP contribution is 2.12. The van der Waals surface area contributed by atoms with Crippen LogP contribution >= 0.6 is 0 Å². The second-order valence-electron chi connectivity index (χ2n) is 3.46. The lowest BCUT2D eigenvalue weighted by Crippen LogP contribution is -2.39. The summed E-state index contributed by atoms with van der Waals surface area (Å²) in [6, 6.07) is 3.25. The third-order valence-electron chi connectivity index (χ3n) is 2.27. The van der Waals surface area contributed by atoms with E-state index in [4.69, 9.17) is 15.2 Å². The molecule has 0 spiro atoms. The fourth-order valence-corrected chi connectivity index (χ4v) is 1.48. The monoisotopic (exact) mass is 231 g/mol. The van der Waals surface area contributed by atoms with E-state index in [1.807, 2.05) is 0 Å². The zero-order valence-electron chi connectivity index (χ0n) is 9.24. The Balaban J connectivity index is 2.69. The van der Waals surface area contributed by atoms with Gasteiger partial charge in [-0.1, -0.05) is 6.07 Å². The van der Waals surface area contributed by atoms with E-state index in [2.05, 4.69) is 0 Å². The van der Waals surface area contributed by atoms with Gasteiger partial charge in [-0.2, -0.15) is 0 Å². The van der Waals surface area contributed by atoms with Gasteiger partial charge in [-0.15, -0.1) is 0 Å². The van der Waals surface area contributed by atoms with Gasteiger partial charge < -0.3 is 15.2 Å². The first-order valence-corrected chi connectivity index (χ1v) is 4.83. The first-order valence-electron chi connectivity index (χ1n) is 4.83. The average molecular weight is 231 g/mol. The van der Waals surface area contributed by atoms with Crippen molar-refractivity contribution in [2.45, 2.75) is 18.8 Å². The molecule has 0 amide bonds. The Morgan fingerprint density at radius 3 is 2.31 bits per heavy atom. The van der Waals surface area contributed by atoms with Crippen LogP contribution in [0.3, 0.4) is 0 Å². The van der Waals surface area contributed by atoms with Gasteiger partial charge in [-0.3, -0.25) is 0 Å². The lowest BCUT2D eigenvalue weighted by atomic mass is 10.1. The maximum absolute atomic E-state index is 12.9. The van der Waals surface area contributed by atoms with Crippen molar-refractivity contribution in [3.05, 3.63) is 35.4 Å². The molecule has 0 heterocycles. The lowest BCUT2D eigenvalue weighted by molar-refractivity contribution is -0.115. The zero-order valence-corrected chi connectivity index (χ0v) is 9.24. The molecule has 5 heteroatoms. The Morgan fingerprint density at radius 1 is 1.19 bits per heavy atom. The highest BCUT2D eigenvalue weighted by Gasteiger charge is 2.17. The smallest absolute Gasteiger partial charge is 0.172 e. The normalized spacial score (nSPS) is 13.1. The summed E-state index contributed by atoms with van der Waals surface area (Å²) in [4.78, 5) is 0. The summed E-state index contributed by atoms with van der Waals surface area (Å²) >= 11 is 0. The van der Waals surface area contributed by atoms with Crippen LogP contribution in [0.2, 0.25) is 0 Å². The highest BCUT2D eigenvalue weighted by molar-refractivity contribution is 5.18. The SMILES string of the molecule is COC(OC)C(N)Cc1ccc(F)c(F)c1. The number of hydrogen-bond donors (Lipinski definition) is 1.